The summed E-state index contributed by atoms with van der Waals surface area (Å²) in [5.74, 6) is 1.34. The monoisotopic (exact) mass is 559 g/mol. The summed E-state index contributed by atoms with van der Waals surface area (Å²) in [4.78, 5) is 36.7. The minimum atomic E-state index is -3.57. The Kier molecular flexibility index (Phi) is 7.28. The highest BCUT2D eigenvalue weighted by atomic mass is 32.2. The van der Waals surface area contributed by atoms with Crippen LogP contribution >= 0.6 is 0 Å². The first kappa shape index (κ1) is 26.5. The van der Waals surface area contributed by atoms with Gasteiger partial charge in [-0.3, -0.25) is 4.79 Å². The average Bonchev–Trinajstić information content (AvgIpc) is 3.61. The van der Waals surface area contributed by atoms with Gasteiger partial charge in [0.2, 0.25) is 15.9 Å². The van der Waals surface area contributed by atoms with Crippen molar-refractivity contribution in [3.05, 3.63) is 34.5 Å². The molecule has 0 radical (unpaired) electrons. The third-order valence-electron chi connectivity index (χ3n) is 8.63. The molecule has 11 nitrogen and oxygen atoms in total. The number of nitrogens with zero attached hydrogens (tertiary/aromatic N) is 4. The number of hydrogen-bond acceptors (Lipinski definition) is 7. The number of nitrogens with two attached hydrogens (primary N) is 1. The van der Waals surface area contributed by atoms with Crippen LogP contribution in [0.25, 0.3) is 0 Å². The van der Waals surface area contributed by atoms with Crippen LogP contribution in [0.5, 0.6) is 5.88 Å². The molecular weight excluding hydrogens is 522 g/mol. The smallest absolute Gasteiger partial charge is 0.320 e. The molecule has 6 rings (SSSR count). The molecule has 0 spiro atoms. The molecule has 4 aliphatic heterocycles. The normalized spacial score (nSPS) is 22.9. The predicted molar refractivity (Wildman–Crippen MR) is 143 cm³/mol. The van der Waals surface area contributed by atoms with Crippen molar-refractivity contribution in [2.75, 3.05) is 59.1 Å². The fourth-order valence-electron chi connectivity index (χ4n) is 6.05. The molecule has 2 N–H and O–H groups in total. The minimum Gasteiger partial charge on any atom is -0.477 e. The van der Waals surface area contributed by atoms with E-state index in [-0.39, 0.29) is 11.9 Å². The van der Waals surface area contributed by atoms with Gasteiger partial charge in [0.05, 0.1) is 11.9 Å². The summed E-state index contributed by atoms with van der Waals surface area (Å²) in [7, 11) is -3.57. The predicted octanol–water partition coefficient (Wildman–Crippen LogP) is 1.71. The summed E-state index contributed by atoms with van der Waals surface area (Å²) in [5, 5.41) is 4.70. The number of ether oxygens (including phenoxy) is 2. The highest BCUT2D eigenvalue weighted by molar-refractivity contribution is 7.89. The first-order valence-electron chi connectivity index (χ1n) is 14.0. The molecule has 1 saturated carbocycles. The van der Waals surface area contributed by atoms with E-state index in [0.717, 1.165) is 55.7 Å². The number of urea groups is 1. The number of pyridine rings is 1. The van der Waals surface area contributed by atoms with E-state index < -0.39 is 15.3 Å². The van der Waals surface area contributed by atoms with Crippen LogP contribution in [-0.2, 0) is 14.8 Å². The lowest BCUT2D eigenvalue weighted by Gasteiger charge is -2.34. The number of sulfonamides is 1. The molecule has 1 aromatic rings. The Hall–Kier alpha value is -2.70. The second-order valence-corrected chi connectivity index (χ2v) is 13.4. The van der Waals surface area contributed by atoms with Crippen molar-refractivity contribution in [1.29, 1.82) is 0 Å². The average molecular weight is 560 g/mol. The molecule has 0 unspecified atom stereocenters. The summed E-state index contributed by atoms with van der Waals surface area (Å²) < 4.78 is 34.8. The Balaban J connectivity index is 1.05. The van der Waals surface area contributed by atoms with Crippen LogP contribution in [-0.4, -0.2) is 104 Å². The molecule has 3 fully saturated rings. The van der Waals surface area contributed by atoms with E-state index in [1.807, 2.05) is 11.0 Å². The minimum absolute atomic E-state index is 0.0347. The number of amides is 3. The van der Waals surface area contributed by atoms with Gasteiger partial charge >= 0.3 is 6.03 Å². The Bertz CT molecular complexity index is 1250. The molecule has 12 heteroatoms. The molecule has 2 saturated heterocycles. The van der Waals surface area contributed by atoms with Crippen LogP contribution in [0.3, 0.4) is 0 Å². The Morgan fingerprint density at radius 1 is 0.923 bits per heavy atom. The molecule has 3 amide bonds. The number of carbonyl (C=O) groups is 2. The van der Waals surface area contributed by atoms with Gasteiger partial charge in [0, 0.05) is 75.7 Å². The van der Waals surface area contributed by atoms with E-state index >= 15 is 0 Å². The zero-order chi connectivity index (χ0) is 27.1. The van der Waals surface area contributed by atoms with Crippen molar-refractivity contribution in [2.45, 2.75) is 49.7 Å². The van der Waals surface area contributed by atoms with Gasteiger partial charge in [0.1, 0.15) is 0 Å². The van der Waals surface area contributed by atoms with Gasteiger partial charge < -0.3 is 24.2 Å². The maximum absolute atomic E-state index is 13.6. The Morgan fingerprint density at radius 2 is 1.56 bits per heavy atom. The number of carbonyl (C=O) groups excluding carboxylic acids is 2. The molecule has 1 aromatic heterocycles. The molecule has 1 aliphatic carbocycles. The lowest BCUT2D eigenvalue weighted by molar-refractivity contribution is 0.0490. The maximum atomic E-state index is 13.6. The second kappa shape index (κ2) is 10.7. The van der Waals surface area contributed by atoms with Crippen LogP contribution in [0, 0.1) is 5.92 Å². The number of hydrogen-bond donors (Lipinski definition) is 1. The van der Waals surface area contributed by atoms with E-state index in [2.05, 4.69) is 0 Å². The van der Waals surface area contributed by atoms with E-state index in [9.17, 15) is 18.0 Å². The Morgan fingerprint density at radius 3 is 2.18 bits per heavy atom. The zero-order valence-corrected chi connectivity index (χ0v) is 23.0. The molecule has 5 aliphatic rings. The lowest BCUT2D eigenvalue weighted by Crippen LogP contribution is -2.49. The number of rotatable bonds is 6. The summed E-state index contributed by atoms with van der Waals surface area (Å²) in [6, 6.07) is 3.62. The maximum Gasteiger partial charge on any atom is 0.320 e. The second-order valence-electron chi connectivity index (χ2n) is 11.5. The van der Waals surface area contributed by atoms with Crippen LogP contribution in [0.2, 0.25) is 0 Å². The molecule has 0 aromatic carbocycles. The largest absolute Gasteiger partial charge is 0.477 e. The third kappa shape index (κ3) is 5.92. The van der Waals surface area contributed by atoms with Crippen LogP contribution < -0.4 is 9.88 Å². The van der Waals surface area contributed by atoms with Crippen molar-refractivity contribution in [3.63, 3.8) is 0 Å². The van der Waals surface area contributed by atoms with Gasteiger partial charge in [0.25, 0.3) is 5.91 Å². The number of piperidine rings is 1. The highest BCUT2D eigenvalue weighted by Gasteiger charge is 2.38. The molecular formula is C27H37N5O6S. The Labute approximate surface area is 229 Å². The van der Waals surface area contributed by atoms with E-state index in [1.54, 1.807) is 15.9 Å². The van der Waals surface area contributed by atoms with E-state index in [1.165, 1.54) is 0 Å². The standard InChI is InChI=1S/C27H37N5O6S/c28-39(35,36)23-3-7-30(8-4-23)27(34)32-15-21-13-31(14-22(21)16-32)26(33)20-11-24(19-1-2-19)29-25(12-20)38-17-18-5-9-37-10-6-18/h11-12,18-19,23H,1-10,13-17H2,(H2,28,35,36). The fourth-order valence-corrected chi connectivity index (χ4v) is 6.91. The summed E-state index contributed by atoms with van der Waals surface area (Å²) >= 11 is 0. The van der Waals surface area contributed by atoms with Gasteiger partial charge in [-0.2, -0.15) is 0 Å². The zero-order valence-electron chi connectivity index (χ0n) is 22.2. The molecule has 0 bridgehead atoms. The van der Waals surface area contributed by atoms with Crippen LogP contribution in [0.4, 0.5) is 4.79 Å². The molecule has 212 valence electrons. The van der Waals surface area contributed by atoms with Crippen LogP contribution in [0.15, 0.2) is 23.3 Å². The first-order valence-corrected chi connectivity index (χ1v) is 15.6. The van der Waals surface area contributed by atoms with Crippen molar-refractivity contribution < 1.29 is 27.5 Å². The number of likely N-dealkylation sites (tertiary alicyclic amines) is 1. The van der Waals surface area contributed by atoms with Crippen molar-refractivity contribution in [3.8, 4) is 5.88 Å². The molecule has 5 heterocycles. The highest BCUT2D eigenvalue weighted by Crippen LogP contribution is 2.40. The van der Waals surface area contributed by atoms with Gasteiger partial charge in [-0.05, 0) is 61.7 Å². The van der Waals surface area contributed by atoms with E-state index in [0.29, 0.717) is 82.0 Å². The first-order chi connectivity index (χ1) is 18.7. The summed E-state index contributed by atoms with van der Waals surface area (Å²) in [5.41, 5.74) is 3.78. The molecule has 0 atom stereocenters. The van der Waals surface area contributed by atoms with E-state index in [4.69, 9.17) is 19.6 Å². The van der Waals surface area contributed by atoms with Gasteiger partial charge in [-0.25, -0.2) is 23.3 Å². The lowest BCUT2D eigenvalue weighted by atomic mass is 10.0. The molecule has 39 heavy (non-hydrogen) atoms. The van der Waals surface area contributed by atoms with Crippen molar-refractivity contribution in [1.82, 2.24) is 19.7 Å². The summed E-state index contributed by atoms with van der Waals surface area (Å²) in [6.45, 7) is 4.88. The van der Waals surface area contributed by atoms with Crippen LogP contribution in [0.1, 0.15) is 60.5 Å². The number of primary sulfonamides is 1. The third-order valence-corrected chi connectivity index (χ3v) is 10.0. The summed E-state index contributed by atoms with van der Waals surface area (Å²) in [6.07, 6.45) is 4.87. The quantitative estimate of drug-likeness (QED) is 0.524. The van der Waals surface area contributed by atoms with Crippen molar-refractivity contribution >= 4 is 22.0 Å². The van der Waals surface area contributed by atoms with Gasteiger partial charge in [-0.1, -0.05) is 0 Å². The van der Waals surface area contributed by atoms with Gasteiger partial charge in [-0.15, -0.1) is 0 Å². The van der Waals surface area contributed by atoms with Crippen molar-refractivity contribution in [2.24, 2.45) is 11.1 Å². The number of aromatic nitrogens is 1. The SMILES string of the molecule is NS(=O)(=O)C1CCN(C(=O)N2CC3=C(CN(C(=O)c4cc(OCC5CCOCC5)nc(C5CC5)c4)C3)C2)CC1. The van der Waals surface area contributed by atoms with Gasteiger partial charge in [0.15, 0.2) is 0 Å². The topological polar surface area (TPSA) is 135 Å². The fraction of sp³-hybridized carbons (Fsp3) is 0.667.